The van der Waals surface area contributed by atoms with E-state index in [9.17, 15) is 4.79 Å². The van der Waals surface area contributed by atoms with Crippen LogP contribution in [0.15, 0.2) is 47.1 Å². The van der Waals surface area contributed by atoms with Crippen LogP contribution in [0.4, 0.5) is 17.7 Å². The number of aromatic nitrogens is 3. The molecule has 28 heavy (non-hydrogen) atoms. The van der Waals surface area contributed by atoms with E-state index in [0.29, 0.717) is 30.8 Å². The quantitative estimate of drug-likeness (QED) is 0.720. The second-order valence-corrected chi connectivity index (χ2v) is 7.20. The number of nitrogens with zero attached hydrogens (tertiary/aromatic N) is 4. The number of benzene rings is 1. The molecule has 0 aliphatic carbocycles. The van der Waals surface area contributed by atoms with Crippen LogP contribution in [0.1, 0.15) is 19.5 Å². The van der Waals surface area contributed by atoms with Crippen LogP contribution in [-0.2, 0) is 4.79 Å². The second-order valence-electron chi connectivity index (χ2n) is 7.20. The van der Waals surface area contributed by atoms with Crippen molar-refractivity contribution in [3.63, 3.8) is 0 Å². The number of hydrogen-bond donors (Lipinski definition) is 2. The van der Waals surface area contributed by atoms with Gasteiger partial charge in [0, 0.05) is 36.2 Å². The largest absolute Gasteiger partial charge is 0.423 e. The van der Waals surface area contributed by atoms with Gasteiger partial charge >= 0.3 is 0 Å². The Morgan fingerprint density at radius 1 is 1.25 bits per heavy atom. The molecule has 1 aliphatic rings. The number of carbonyl (C=O) groups is 1. The van der Waals surface area contributed by atoms with Crippen molar-refractivity contribution < 1.29 is 9.21 Å². The first-order valence-corrected chi connectivity index (χ1v) is 9.12. The molecule has 0 spiro atoms. The van der Waals surface area contributed by atoms with Gasteiger partial charge in [0.05, 0.1) is 6.20 Å². The molecule has 0 radical (unpaired) electrons. The van der Waals surface area contributed by atoms with Crippen LogP contribution in [0.25, 0.3) is 11.3 Å². The molecule has 1 amide bonds. The maximum absolute atomic E-state index is 12.2. The minimum atomic E-state index is -0.716. The number of rotatable bonds is 4. The highest BCUT2D eigenvalue weighted by molar-refractivity contribution is 5.89. The number of anilines is 3. The number of nitrogens with one attached hydrogen (secondary N) is 2. The summed E-state index contributed by atoms with van der Waals surface area (Å²) >= 11 is 0. The molecular formula is C20H22N6O2. The lowest BCUT2D eigenvalue weighted by Crippen LogP contribution is -2.62. The monoisotopic (exact) mass is 378 g/mol. The average Bonchev–Trinajstić information content (AvgIpc) is 3.14. The van der Waals surface area contributed by atoms with Crippen LogP contribution in [-0.4, -0.2) is 39.5 Å². The summed E-state index contributed by atoms with van der Waals surface area (Å²) in [5.74, 6) is 1.13. The molecule has 2 aromatic heterocycles. The van der Waals surface area contributed by atoms with Crippen molar-refractivity contribution in [2.45, 2.75) is 26.3 Å². The number of amides is 1. The van der Waals surface area contributed by atoms with E-state index < -0.39 is 5.54 Å². The maximum atomic E-state index is 12.2. The van der Waals surface area contributed by atoms with Crippen LogP contribution in [0.5, 0.6) is 0 Å². The molecular weight excluding hydrogens is 356 g/mol. The zero-order valence-corrected chi connectivity index (χ0v) is 16.1. The van der Waals surface area contributed by atoms with Gasteiger partial charge in [0.2, 0.25) is 11.9 Å². The lowest BCUT2D eigenvalue weighted by Gasteiger charge is -2.40. The molecule has 3 heterocycles. The van der Waals surface area contributed by atoms with Crippen LogP contribution in [0, 0.1) is 6.92 Å². The van der Waals surface area contributed by atoms with E-state index in [1.165, 1.54) is 0 Å². The van der Waals surface area contributed by atoms with Crippen LogP contribution in [0.2, 0.25) is 0 Å². The summed E-state index contributed by atoms with van der Waals surface area (Å²) in [6, 6.07) is 10.0. The van der Waals surface area contributed by atoms with Gasteiger partial charge in [-0.2, -0.15) is 0 Å². The lowest BCUT2D eigenvalue weighted by atomic mass is 10.00. The van der Waals surface area contributed by atoms with Crippen molar-refractivity contribution in [3.8, 4) is 11.3 Å². The molecule has 0 unspecified atom stereocenters. The van der Waals surface area contributed by atoms with E-state index in [1.807, 2.05) is 56.0 Å². The van der Waals surface area contributed by atoms with E-state index in [-0.39, 0.29) is 5.91 Å². The molecule has 144 valence electrons. The average molecular weight is 378 g/mol. The summed E-state index contributed by atoms with van der Waals surface area (Å²) in [5, 5.41) is 6.07. The Kier molecular flexibility index (Phi) is 4.46. The van der Waals surface area contributed by atoms with Crippen molar-refractivity contribution >= 4 is 23.6 Å². The molecule has 1 aliphatic heterocycles. The molecule has 8 nitrogen and oxygen atoms in total. The number of piperazine rings is 1. The molecule has 0 bridgehead atoms. The lowest BCUT2D eigenvalue weighted by molar-refractivity contribution is -0.126. The van der Waals surface area contributed by atoms with Gasteiger partial charge in [0.1, 0.15) is 5.54 Å². The first-order chi connectivity index (χ1) is 13.4. The molecule has 1 saturated heterocycles. The van der Waals surface area contributed by atoms with Crippen molar-refractivity contribution in [1.29, 1.82) is 0 Å². The second kappa shape index (κ2) is 6.95. The van der Waals surface area contributed by atoms with Crippen molar-refractivity contribution in [1.82, 2.24) is 20.3 Å². The van der Waals surface area contributed by atoms with E-state index in [2.05, 4.69) is 25.6 Å². The van der Waals surface area contributed by atoms with E-state index in [1.54, 1.807) is 12.4 Å². The summed E-state index contributed by atoms with van der Waals surface area (Å²) in [6.07, 6.45) is 3.40. The van der Waals surface area contributed by atoms with Crippen LogP contribution < -0.4 is 15.5 Å². The smallest absolute Gasteiger partial charge is 0.298 e. The van der Waals surface area contributed by atoms with Gasteiger partial charge in [-0.05, 0) is 39.0 Å². The van der Waals surface area contributed by atoms with Gasteiger partial charge in [-0.15, -0.1) is 0 Å². The van der Waals surface area contributed by atoms with Gasteiger partial charge in [-0.25, -0.2) is 15.0 Å². The Bertz CT molecular complexity index is 1010. The molecule has 0 saturated carbocycles. The van der Waals surface area contributed by atoms with Gasteiger partial charge in [-0.1, -0.05) is 12.1 Å². The Balaban J connectivity index is 1.58. The third kappa shape index (κ3) is 3.40. The van der Waals surface area contributed by atoms with Gasteiger partial charge in [-0.3, -0.25) is 4.79 Å². The zero-order valence-electron chi connectivity index (χ0n) is 16.1. The minimum absolute atomic E-state index is 0.0390. The Hall–Kier alpha value is -3.42. The summed E-state index contributed by atoms with van der Waals surface area (Å²) in [4.78, 5) is 27.0. The van der Waals surface area contributed by atoms with Gasteiger partial charge in [0.15, 0.2) is 5.76 Å². The van der Waals surface area contributed by atoms with Crippen LogP contribution >= 0.6 is 0 Å². The molecule has 0 atom stereocenters. The molecule has 4 rings (SSSR count). The standard InChI is InChI=1S/C20H22N6O2/c1-13-7-8-22-18(24-13)25-15-6-4-5-14(11-15)16-12-23-19(28-16)26-10-9-21-17(27)20(26,2)3/h4-8,11-12H,9-10H2,1-3H3,(H,21,27)(H,22,24,25). The molecule has 8 heteroatoms. The van der Waals surface area contributed by atoms with E-state index in [4.69, 9.17) is 4.42 Å². The SMILES string of the molecule is Cc1ccnc(Nc2cccc(-c3cnc(N4CCNC(=O)C4(C)C)o3)c2)n1. The highest BCUT2D eigenvalue weighted by Gasteiger charge is 2.40. The van der Waals surface area contributed by atoms with Gasteiger partial charge in [0.25, 0.3) is 6.01 Å². The third-order valence-corrected chi connectivity index (χ3v) is 4.77. The van der Waals surface area contributed by atoms with Crippen LogP contribution in [0.3, 0.4) is 0 Å². The molecule has 2 N–H and O–H groups in total. The first-order valence-electron chi connectivity index (χ1n) is 9.12. The summed E-state index contributed by atoms with van der Waals surface area (Å²) in [7, 11) is 0. The predicted molar refractivity (Wildman–Crippen MR) is 106 cm³/mol. The summed E-state index contributed by atoms with van der Waals surface area (Å²) in [6.45, 7) is 6.85. The summed E-state index contributed by atoms with van der Waals surface area (Å²) < 4.78 is 5.99. The number of hydrogen-bond acceptors (Lipinski definition) is 7. The fourth-order valence-corrected chi connectivity index (χ4v) is 3.15. The fourth-order valence-electron chi connectivity index (χ4n) is 3.15. The highest BCUT2D eigenvalue weighted by Crippen LogP contribution is 2.31. The van der Waals surface area contributed by atoms with Gasteiger partial charge < -0.3 is 20.0 Å². The molecule has 3 aromatic rings. The first kappa shape index (κ1) is 18.0. The minimum Gasteiger partial charge on any atom is -0.423 e. The highest BCUT2D eigenvalue weighted by atomic mass is 16.4. The number of carbonyl (C=O) groups excluding carboxylic acids is 1. The molecule has 1 aromatic carbocycles. The topological polar surface area (TPSA) is 96.2 Å². The van der Waals surface area contributed by atoms with Crippen molar-refractivity contribution in [2.24, 2.45) is 0 Å². The van der Waals surface area contributed by atoms with E-state index >= 15 is 0 Å². The van der Waals surface area contributed by atoms with Crippen molar-refractivity contribution in [3.05, 3.63) is 48.4 Å². The Labute approximate surface area is 163 Å². The Morgan fingerprint density at radius 3 is 2.93 bits per heavy atom. The normalized spacial score (nSPS) is 16.0. The molecule has 1 fully saturated rings. The Morgan fingerprint density at radius 2 is 2.11 bits per heavy atom. The zero-order chi connectivity index (χ0) is 19.7. The number of oxazole rings is 1. The predicted octanol–water partition coefficient (Wildman–Crippen LogP) is 2.90. The number of aryl methyl sites for hydroxylation is 1. The summed E-state index contributed by atoms with van der Waals surface area (Å²) in [5.41, 5.74) is 1.89. The van der Waals surface area contributed by atoms with Crippen molar-refractivity contribution in [2.75, 3.05) is 23.3 Å². The fraction of sp³-hybridized carbons (Fsp3) is 0.300. The third-order valence-electron chi connectivity index (χ3n) is 4.77. The maximum Gasteiger partial charge on any atom is 0.298 e. The van der Waals surface area contributed by atoms with E-state index in [0.717, 1.165) is 16.9 Å².